The van der Waals surface area contributed by atoms with E-state index in [1.54, 1.807) is 6.20 Å². The average molecular weight is 236 g/mol. The summed E-state index contributed by atoms with van der Waals surface area (Å²) in [4.78, 5) is 11.9. The minimum atomic E-state index is -0.0104. The van der Waals surface area contributed by atoms with E-state index < -0.39 is 0 Å². The number of aromatic nitrogens is 2. The zero-order valence-corrected chi connectivity index (χ0v) is 10.2. The van der Waals surface area contributed by atoms with Crippen molar-refractivity contribution in [2.24, 2.45) is 0 Å². The van der Waals surface area contributed by atoms with Crippen LogP contribution in [0.15, 0.2) is 18.5 Å². The molecule has 1 aromatic rings. The lowest BCUT2D eigenvalue weighted by Gasteiger charge is -2.24. The van der Waals surface area contributed by atoms with Crippen LogP contribution in [-0.4, -0.2) is 34.3 Å². The lowest BCUT2D eigenvalue weighted by molar-refractivity contribution is -0.124. The van der Waals surface area contributed by atoms with Crippen molar-refractivity contribution in [3.63, 3.8) is 0 Å². The fraction of sp³-hybridized carbons (Fsp3) is 0.667. The van der Waals surface area contributed by atoms with Gasteiger partial charge in [0.05, 0.1) is 12.6 Å². The van der Waals surface area contributed by atoms with E-state index >= 15 is 0 Å². The molecule has 2 atom stereocenters. The van der Waals surface area contributed by atoms with Crippen LogP contribution in [0.4, 0.5) is 0 Å². The third-order valence-electron chi connectivity index (χ3n) is 3.04. The van der Waals surface area contributed by atoms with Crippen LogP contribution in [0.5, 0.6) is 0 Å². The second-order valence-corrected chi connectivity index (χ2v) is 4.64. The number of nitrogens with zero attached hydrogens (tertiary/aromatic N) is 2. The molecule has 0 bridgehead atoms. The minimum Gasteiger partial charge on any atom is -0.350 e. The summed E-state index contributed by atoms with van der Waals surface area (Å²) in [5, 5.41) is 10.4. The molecule has 1 fully saturated rings. The van der Waals surface area contributed by atoms with E-state index in [0.717, 1.165) is 19.4 Å². The van der Waals surface area contributed by atoms with Crippen molar-refractivity contribution in [1.29, 1.82) is 0 Å². The molecule has 2 heterocycles. The normalized spacial score (nSPS) is 22.1. The molecule has 1 saturated heterocycles. The lowest BCUT2D eigenvalue weighted by atomic mass is 10.0. The summed E-state index contributed by atoms with van der Waals surface area (Å²) in [7, 11) is 0. The predicted octanol–water partition coefficient (Wildman–Crippen LogP) is 0.530. The van der Waals surface area contributed by atoms with Crippen LogP contribution in [0.25, 0.3) is 0 Å². The van der Waals surface area contributed by atoms with E-state index in [-0.39, 0.29) is 18.0 Å². The van der Waals surface area contributed by atoms with E-state index in [4.69, 9.17) is 0 Å². The van der Waals surface area contributed by atoms with E-state index in [2.05, 4.69) is 15.7 Å². The molecule has 1 unspecified atom stereocenters. The Morgan fingerprint density at radius 1 is 1.65 bits per heavy atom. The van der Waals surface area contributed by atoms with Crippen LogP contribution in [0.2, 0.25) is 0 Å². The Bertz CT molecular complexity index is 343. The minimum absolute atomic E-state index is 0.0104. The number of carbonyl (C=O) groups is 1. The Kier molecular flexibility index (Phi) is 4.14. The number of rotatable bonds is 4. The second-order valence-electron chi connectivity index (χ2n) is 4.64. The van der Waals surface area contributed by atoms with Crippen LogP contribution in [0, 0.1) is 0 Å². The van der Waals surface area contributed by atoms with Gasteiger partial charge in [-0.1, -0.05) is 6.42 Å². The van der Waals surface area contributed by atoms with Crippen molar-refractivity contribution >= 4 is 5.91 Å². The first-order valence-corrected chi connectivity index (χ1v) is 6.27. The highest BCUT2D eigenvalue weighted by atomic mass is 16.2. The quantitative estimate of drug-likeness (QED) is 0.801. The number of nitrogens with one attached hydrogen (secondary N) is 2. The van der Waals surface area contributed by atoms with Crippen molar-refractivity contribution in [3.05, 3.63) is 18.5 Å². The Balaban J connectivity index is 1.77. The van der Waals surface area contributed by atoms with Gasteiger partial charge in [-0.15, -0.1) is 0 Å². The molecule has 17 heavy (non-hydrogen) atoms. The fourth-order valence-electron chi connectivity index (χ4n) is 2.15. The largest absolute Gasteiger partial charge is 0.350 e. The van der Waals surface area contributed by atoms with E-state index in [0.29, 0.717) is 6.54 Å². The highest BCUT2D eigenvalue weighted by Gasteiger charge is 2.21. The molecule has 1 aromatic heterocycles. The SMILES string of the molecule is CC(Cn1cccn1)NC(=O)[C@H]1CCCCN1. The van der Waals surface area contributed by atoms with Crippen LogP contribution < -0.4 is 10.6 Å². The van der Waals surface area contributed by atoms with E-state index in [1.165, 1.54) is 6.42 Å². The van der Waals surface area contributed by atoms with Gasteiger partial charge in [0, 0.05) is 18.4 Å². The lowest BCUT2D eigenvalue weighted by Crippen LogP contribution is -2.49. The van der Waals surface area contributed by atoms with Gasteiger partial charge in [-0.05, 0) is 32.4 Å². The third kappa shape index (κ3) is 3.56. The zero-order chi connectivity index (χ0) is 12.1. The van der Waals surface area contributed by atoms with Crippen LogP contribution in [-0.2, 0) is 11.3 Å². The number of hydrogen-bond donors (Lipinski definition) is 2. The third-order valence-corrected chi connectivity index (χ3v) is 3.04. The van der Waals surface area contributed by atoms with E-state index in [9.17, 15) is 4.79 Å². The number of amides is 1. The van der Waals surface area contributed by atoms with Crippen molar-refractivity contribution < 1.29 is 4.79 Å². The van der Waals surface area contributed by atoms with Gasteiger partial charge in [-0.2, -0.15) is 5.10 Å². The Labute approximate surface area is 102 Å². The van der Waals surface area contributed by atoms with Crippen LogP contribution >= 0.6 is 0 Å². The summed E-state index contributed by atoms with van der Waals surface area (Å²) in [5.74, 6) is 0.115. The highest BCUT2D eigenvalue weighted by Crippen LogP contribution is 2.07. The first-order chi connectivity index (χ1) is 8.25. The predicted molar refractivity (Wildman–Crippen MR) is 65.5 cm³/mol. The van der Waals surface area contributed by atoms with Gasteiger partial charge in [0.2, 0.25) is 5.91 Å². The maximum Gasteiger partial charge on any atom is 0.237 e. The molecule has 0 saturated carbocycles. The molecular formula is C12H20N4O. The molecule has 5 heteroatoms. The van der Waals surface area contributed by atoms with Crippen molar-refractivity contribution in [2.45, 2.75) is 44.8 Å². The van der Waals surface area contributed by atoms with Gasteiger partial charge in [0.1, 0.15) is 0 Å². The molecule has 2 rings (SSSR count). The molecule has 0 radical (unpaired) electrons. The molecule has 2 N–H and O–H groups in total. The molecule has 0 aliphatic carbocycles. The molecule has 1 amide bonds. The monoisotopic (exact) mass is 236 g/mol. The number of carbonyl (C=O) groups excluding carboxylic acids is 1. The maximum absolute atomic E-state index is 11.9. The molecule has 0 spiro atoms. The van der Waals surface area contributed by atoms with Gasteiger partial charge in [0.15, 0.2) is 0 Å². The fourth-order valence-corrected chi connectivity index (χ4v) is 2.15. The van der Waals surface area contributed by atoms with Crippen molar-refractivity contribution in [2.75, 3.05) is 6.54 Å². The molecule has 1 aliphatic heterocycles. The second kappa shape index (κ2) is 5.82. The highest BCUT2D eigenvalue weighted by molar-refractivity contribution is 5.82. The van der Waals surface area contributed by atoms with Gasteiger partial charge >= 0.3 is 0 Å². The summed E-state index contributed by atoms with van der Waals surface area (Å²) in [6.07, 6.45) is 6.91. The summed E-state index contributed by atoms with van der Waals surface area (Å²) in [5.41, 5.74) is 0. The average Bonchev–Trinajstić information content (AvgIpc) is 2.82. The maximum atomic E-state index is 11.9. The smallest absolute Gasteiger partial charge is 0.237 e. The summed E-state index contributed by atoms with van der Waals surface area (Å²) in [6, 6.07) is 1.98. The van der Waals surface area contributed by atoms with Gasteiger partial charge in [-0.25, -0.2) is 0 Å². The van der Waals surface area contributed by atoms with Crippen molar-refractivity contribution in [1.82, 2.24) is 20.4 Å². The van der Waals surface area contributed by atoms with Crippen molar-refractivity contribution in [3.8, 4) is 0 Å². The molecule has 5 nitrogen and oxygen atoms in total. The molecule has 1 aliphatic rings. The summed E-state index contributed by atoms with van der Waals surface area (Å²) < 4.78 is 1.83. The first kappa shape index (κ1) is 12.1. The van der Waals surface area contributed by atoms with Gasteiger partial charge < -0.3 is 10.6 Å². The molecule has 0 aromatic carbocycles. The zero-order valence-electron chi connectivity index (χ0n) is 10.2. The van der Waals surface area contributed by atoms with E-state index in [1.807, 2.05) is 23.9 Å². The van der Waals surface area contributed by atoms with Crippen LogP contribution in [0.3, 0.4) is 0 Å². The Hall–Kier alpha value is -1.36. The summed E-state index contributed by atoms with van der Waals surface area (Å²) in [6.45, 7) is 3.67. The standard InChI is InChI=1S/C12H20N4O/c1-10(9-16-8-4-7-14-16)15-12(17)11-5-2-3-6-13-11/h4,7-8,10-11,13H,2-3,5-6,9H2,1H3,(H,15,17)/t10?,11-/m1/s1. The number of piperidine rings is 1. The molecule has 94 valence electrons. The topological polar surface area (TPSA) is 59.0 Å². The first-order valence-electron chi connectivity index (χ1n) is 6.27. The summed E-state index contributed by atoms with van der Waals surface area (Å²) >= 11 is 0. The molecular weight excluding hydrogens is 216 g/mol. The Morgan fingerprint density at radius 2 is 2.53 bits per heavy atom. The number of hydrogen-bond acceptors (Lipinski definition) is 3. The van der Waals surface area contributed by atoms with Gasteiger partial charge in [-0.3, -0.25) is 9.48 Å². The Morgan fingerprint density at radius 3 is 3.18 bits per heavy atom. The van der Waals surface area contributed by atoms with Gasteiger partial charge in [0.25, 0.3) is 0 Å². The van der Waals surface area contributed by atoms with Crippen LogP contribution in [0.1, 0.15) is 26.2 Å².